The molecule has 0 heterocycles. The van der Waals surface area contributed by atoms with E-state index < -0.39 is 0 Å². The van der Waals surface area contributed by atoms with Crippen LogP contribution in [0.1, 0.15) is 73.8 Å². The van der Waals surface area contributed by atoms with E-state index in [9.17, 15) is 9.59 Å². The smallest absolute Gasteiger partial charge is 0.224 e. The number of hydrogen-bond donors (Lipinski definition) is 1. The molecule has 1 atom stereocenters. The molecular weight excluding hydrogens is 374 g/mol. The number of rotatable bonds is 9. The fraction of sp³-hybridized carbons (Fsp3) is 0.680. The molecule has 1 N–H and O–H groups in total. The summed E-state index contributed by atoms with van der Waals surface area (Å²) < 4.78 is 0. The summed E-state index contributed by atoms with van der Waals surface area (Å²) in [7, 11) is 4.01. The molecule has 5 heteroatoms. The molecular formula is C25H43N3O2. The lowest BCUT2D eigenvalue weighted by Gasteiger charge is -2.35. The summed E-state index contributed by atoms with van der Waals surface area (Å²) in [5.74, 6) is 0.848. The van der Waals surface area contributed by atoms with Gasteiger partial charge in [0.2, 0.25) is 11.8 Å². The Balaban J connectivity index is 3.26. The van der Waals surface area contributed by atoms with Gasteiger partial charge in [-0.1, -0.05) is 48.5 Å². The van der Waals surface area contributed by atoms with E-state index in [4.69, 9.17) is 0 Å². The molecule has 0 aromatic heterocycles. The van der Waals surface area contributed by atoms with Gasteiger partial charge in [0.25, 0.3) is 0 Å². The summed E-state index contributed by atoms with van der Waals surface area (Å²) in [5, 5.41) is 3.01. The normalized spacial score (nSPS) is 12.8. The molecule has 1 aromatic rings. The van der Waals surface area contributed by atoms with Gasteiger partial charge in [-0.25, -0.2) is 0 Å². The van der Waals surface area contributed by atoms with Crippen molar-refractivity contribution in [2.75, 3.05) is 24.3 Å². The van der Waals surface area contributed by atoms with Crippen molar-refractivity contribution in [1.82, 2.24) is 4.90 Å². The second-order valence-corrected chi connectivity index (χ2v) is 10.6. The van der Waals surface area contributed by atoms with Crippen LogP contribution in [0.2, 0.25) is 0 Å². The van der Waals surface area contributed by atoms with Crippen molar-refractivity contribution in [3.05, 3.63) is 23.8 Å². The topological polar surface area (TPSA) is 52.7 Å². The Hall–Kier alpha value is -2.04. The van der Waals surface area contributed by atoms with E-state index in [-0.39, 0.29) is 23.3 Å². The first-order valence-corrected chi connectivity index (χ1v) is 11.1. The van der Waals surface area contributed by atoms with Gasteiger partial charge in [-0.05, 0) is 47.9 Å². The van der Waals surface area contributed by atoms with Crippen LogP contribution in [-0.4, -0.2) is 36.9 Å². The number of hydrogen-bond acceptors (Lipinski definition) is 3. The lowest BCUT2D eigenvalue weighted by atomic mass is 9.90. The summed E-state index contributed by atoms with van der Waals surface area (Å²) in [6, 6.07) is 6.09. The molecule has 2 amide bonds. The van der Waals surface area contributed by atoms with E-state index in [0.717, 1.165) is 16.9 Å². The van der Waals surface area contributed by atoms with Gasteiger partial charge in [-0.3, -0.25) is 9.59 Å². The van der Waals surface area contributed by atoms with E-state index in [1.165, 1.54) is 0 Å². The van der Waals surface area contributed by atoms with Crippen LogP contribution in [0.15, 0.2) is 18.2 Å². The molecule has 0 bridgehead atoms. The lowest BCUT2D eigenvalue weighted by Crippen LogP contribution is -2.42. The van der Waals surface area contributed by atoms with E-state index in [0.29, 0.717) is 31.2 Å². The van der Waals surface area contributed by atoms with E-state index in [1.807, 2.05) is 51.0 Å². The third-order valence-corrected chi connectivity index (χ3v) is 5.24. The number of nitrogens with zero attached hydrogens (tertiary/aromatic N) is 2. The van der Waals surface area contributed by atoms with Crippen LogP contribution < -0.4 is 10.2 Å². The monoisotopic (exact) mass is 417 g/mol. The zero-order valence-electron chi connectivity index (χ0n) is 20.8. The second-order valence-electron chi connectivity index (χ2n) is 10.6. The third-order valence-electron chi connectivity index (χ3n) is 5.24. The van der Waals surface area contributed by atoms with Crippen molar-refractivity contribution in [3.8, 4) is 0 Å². The maximum Gasteiger partial charge on any atom is 0.224 e. The van der Waals surface area contributed by atoms with Crippen LogP contribution in [-0.2, 0) is 16.1 Å². The SMILES string of the molecule is CC(C)CC(=O)Nc1ccc(N(C)C)c(CN(C(=O)CC(C)(C)C)[C@H](C)C(C)C)c1. The Labute approximate surface area is 184 Å². The average molecular weight is 418 g/mol. The first kappa shape index (κ1) is 26.0. The van der Waals surface area contributed by atoms with E-state index in [2.05, 4.69) is 51.8 Å². The highest BCUT2D eigenvalue weighted by molar-refractivity contribution is 5.91. The van der Waals surface area contributed by atoms with Crippen LogP contribution in [0.4, 0.5) is 11.4 Å². The molecule has 0 spiro atoms. The highest BCUT2D eigenvalue weighted by atomic mass is 16.2. The highest BCUT2D eigenvalue weighted by Crippen LogP contribution is 2.28. The van der Waals surface area contributed by atoms with Crippen LogP contribution >= 0.6 is 0 Å². The Morgan fingerprint density at radius 3 is 2.10 bits per heavy atom. The molecule has 0 saturated heterocycles. The maximum absolute atomic E-state index is 13.2. The van der Waals surface area contributed by atoms with Crippen molar-refractivity contribution in [3.63, 3.8) is 0 Å². The molecule has 0 saturated carbocycles. The minimum Gasteiger partial charge on any atom is -0.377 e. The Bertz CT molecular complexity index is 718. The molecule has 0 aliphatic carbocycles. The summed E-state index contributed by atoms with van der Waals surface area (Å²) in [6.07, 6.45) is 0.998. The van der Waals surface area contributed by atoms with Crippen LogP contribution in [0.5, 0.6) is 0 Å². The van der Waals surface area contributed by atoms with Crippen molar-refractivity contribution in [1.29, 1.82) is 0 Å². The van der Waals surface area contributed by atoms with E-state index >= 15 is 0 Å². The Kier molecular flexibility index (Phi) is 9.38. The highest BCUT2D eigenvalue weighted by Gasteiger charge is 2.27. The van der Waals surface area contributed by atoms with Crippen molar-refractivity contribution in [2.24, 2.45) is 17.3 Å². The fourth-order valence-electron chi connectivity index (χ4n) is 3.37. The molecule has 0 fully saturated rings. The number of carbonyl (C=O) groups excluding carboxylic acids is 2. The van der Waals surface area contributed by atoms with Gasteiger partial charge in [0.15, 0.2) is 0 Å². The maximum atomic E-state index is 13.2. The largest absolute Gasteiger partial charge is 0.377 e. The van der Waals surface area contributed by atoms with Gasteiger partial charge >= 0.3 is 0 Å². The lowest BCUT2D eigenvalue weighted by molar-refractivity contribution is -0.136. The molecule has 0 aliphatic heterocycles. The number of anilines is 2. The summed E-state index contributed by atoms with van der Waals surface area (Å²) in [6.45, 7) is 17.3. The Morgan fingerprint density at radius 2 is 1.63 bits per heavy atom. The van der Waals surface area contributed by atoms with E-state index in [1.54, 1.807) is 0 Å². The number of benzene rings is 1. The zero-order chi connectivity index (χ0) is 23.2. The first-order valence-electron chi connectivity index (χ1n) is 11.1. The minimum atomic E-state index is -0.0664. The third kappa shape index (κ3) is 8.37. The Morgan fingerprint density at radius 1 is 1.03 bits per heavy atom. The quantitative estimate of drug-likeness (QED) is 0.573. The van der Waals surface area contributed by atoms with Gasteiger partial charge < -0.3 is 15.1 Å². The predicted octanol–water partition coefficient (Wildman–Crippen LogP) is 5.55. The summed E-state index contributed by atoms with van der Waals surface area (Å²) >= 11 is 0. The molecule has 170 valence electrons. The zero-order valence-corrected chi connectivity index (χ0v) is 20.8. The molecule has 1 aromatic carbocycles. The summed E-state index contributed by atoms with van der Waals surface area (Å²) in [4.78, 5) is 29.5. The molecule has 1 rings (SSSR count). The minimum absolute atomic E-state index is 0.0183. The van der Waals surface area contributed by atoms with Crippen molar-refractivity contribution in [2.45, 2.75) is 80.8 Å². The van der Waals surface area contributed by atoms with Gasteiger partial charge in [-0.15, -0.1) is 0 Å². The van der Waals surface area contributed by atoms with Crippen molar-refractivity contribution < 1.29 is 9.59 Å². The number of nitrogens with one attached hydrogen (secondary N) is 1. The predicted molar refractivity (Wildman–Crippen MR) is 128 cm³/mol. The molecule has 0 radical (unpaired) electrons. The van der Waals surface area contributed by atoms with Gasteiger partial charge in [0, 0.05) is 50.9 Å². The van der Waals surface area contributed by atoms with Gasteiger partial charge in [0.1, 0.15) is 0 Å². The fourth-order valence-corrected chi connectivity index (χ4v) is 3.37. The molecule has 0 unspecified atom stereocenters. The van der Waals surface area contributed by atoms with Gasteiger partial charge in [-0.2, -0.15) is 0 Å². The number of amides is 2. The molecule has 0 aliphatic rings. The average Bonchev–Trinajstić information content (AvgIpc) is 2.56. The summed E-state index contributed by atoms with van der Waals surface area (Å²) in [5.41, 5.74) is 2.81. The van der Waals surface area contributed by atoms with Crippen molar-refractivity contribution >= 4 is 23.2 Å². The van der Waals surface area contributed by atoms with Crippen LogP contribution in [0.25, 0.3) is 0 Å². The van der Waals surface area contributed by atoms with Gasteiger partial charge in [0.05, 0.1) is 0 Å². The molecule has 5 nitrogen and oxygen atoms in total. The van der Waals surface area contributed by atoms with Crippen LogP contribution in [0.3, 0.4) is 0 Å². The van der Waals surface area contributed by atoms with Crippen LogP contribution in [0, 0.1) is 17.3 Å². The second kappa shape index (κ2) is 10.8. The standard InChI is InChI=1S/C25H43N3O2/c1-17(2)13-23(29)26-21-11-12-22(27(9)10)20(14-21)16-28(19(5)18(3)4)24(30)15-25(6,7)8/h11-12,14,17-19H,13,15-16H2,1-10H3,(H,26,29)/t19-/m1/s1. The molecule has 30 heavy (non-hydrogen) atoms. The first-order chi connectivity index (χ1) is 13.7. The number of carbonyl (C=O) groups is 2.